The van der Waals surface area contributed by atoms with Crippen LogP contribution in [0, 0.1) is 0 Å². The average Bonchev–Trinajstić information content (AvgIpc) is 2.80. The van der Waals surface area contributed by atoms with Gasteiger partial charge in [-0.1, -0.05) is 100 Å². The van der Waals surface area contributed by atoms with Crippen LogP contribution in [-0.4, -0.2) is 34.6 Å². The second-order valence-electron chi connectivity index (χ2n) is 9.31. The van der Waals surface area contributed by atoms with Crippen molar-refractivity contribution in [1.82, 2.24) is 0 Å². The Morgan fingerprint density at radius 3 is 1.33 bits per heavy atom. The summed E-state index contributed by atoms with van der Waals surface area (Å²) >= 11 is 0. The molecule has 2 aromatic rings. The molecule has 0 aliphatic carbocycles. The van der Waals surface area contributed by atoms with Gasteiger partial charge in [-0.3, -0.25) is 0 Å². The molecule has 0 aromatic heterocycles. The first-order valence-corrected chi connectivity index (χ1v) is 11.4. The van der Waals surface area contributed by atoms with Gasteiger partial charge in [-0.2, -0.15) is 0 Å². The first kappa shape index (κ1) is 24.6. The third-order valence-corrected chi connectivity index (χ3v) is 6.67. The summed E-state index contributed by atoms with van der Waals surface area (Å²) in [7, 11) is 0. The third-order valence-electron chi connectivity index (χ3n) is 6.67. The predicted molar refractivity (Wildman–Crippen MR) is 125 cm³/mol. The lowest BCUT2D eigenvalue weighted by atomic mass is 9.78. The molecule has 0 heterocycles. The normalized spacial score (nSPS) is 16.6. The van der Waals surface area contributed by atoms with Crippen LogP contribution in [0.5, 0.6) is 0 Å². The van der Waals surface area contributed by atoms with Crippen molar-refractivity contribution in [1.29, 1.82) is 0 Å². The molecule has 3 nitrogen and oxygen atoms in total. The highest BCUT2D eigenvalue weighted by Crippen LogP contribution is 2.31. The van der Waals surface area contributed by atoms with Gasteiger partial charge >= 0.3 is 0 Å². The Morgan fingerprint density at radius 1 is 0.633 bits per heavy atom. The molecule has 0 aliphatic heterocycles. The number of aliphatic hydroxyl groups excluding tert-OH is 3. The summed E-state index contributed by atoms with van der Waals surface area (Å²) in [6.45, 7) is 4.52. The molecule has 2 aromatic carbocycles. The fourth-order valence-corrected chi connectivity index (χ4v) is 4.24. The van der Waals surface area contributed by atoms with Gasteiger partial charge in [0, 0.05) is 10.8 Å². The van der Waals surface area contributed by atoms with E-state index in [0.29, 0.717) is 0 Å². The Hall–Kier alpha value is -1.68. The van der Waals surface area contributed by atoms with Crippen molar-refractivity contribution >= 4 is 0 Å². The molecule has 166 valence electrons. The Kier molecular flexibility index (Phi) is 10.0. The number of aliphatic hydroxyl groups is 3. The van der Waals surface area contributed by atoms with Gasteiger partial charge in [0.15, 0.2) is 0 Å². The Morgan fingerprint density at radius 2 is 1.00 bits per heavy atom. The molecule has 2 unspecified atom stereocenters. The highest BCUT2D eigenvalue weighted by molar-refractivity contribution is 5.25. The fraction of sp³-hybridized carbons (Fsp3) is 0.556. The van der Waals surface area contributed by atoms with Gasteiger partial charge in [0.2, 0.25) is 0 Å². The number of hydrogen-bond donors (Lipinski definition) is 3. The van der Waals surface area contributed by atoms with Crippen LogP contribution < -0.4 is 0 Å². The Balaban J connectivity index is 1.66. The first-order chi connectivity index (χ1) is 14.4. The summed E-state index contributed by atoms with van der Waals surface area (Å²) in [4.78, 5) is 0. The first-order valence-electron chi connectivity index (χ1n) is 11.4. The van der Waals surface area contributed by atoms with E-state index in [0.717, 1.165) is 51.4 Å². The van der Waals surface area contributed by atoms with Crippen molar-refractivity contribution in [3.05, 3.63) is 71.8 Å². The molecule has 2 atom stereocenters. The second-order valence-corrected chi connectivity index (χ2v) is 9.31. The quantitative estimate of drug-likeness (QED) is 0.366. The highest BCUT2D eigenvalue weighted by Gasteiger charge is 2.26. The molecule has 0 fully saturated rings. The lowest BCUT2D eigenvalue weighted by molar-refractivity contribution is 0.140. The van der Waals surface area contributed by atoms with Crippen molar-refractivity contribution < 1.29 is 15.3 Å². The lowest BCUT2D eigenvalue weighted by Gasteiger charge is -2.28. The van der Waals surface area contributed by atoms with Crippen LogP contribution in [0.3, 0.4) is 0 Å². The largest absolute Gasteiger partial charge is 0.395 e. The number of benzene rings is 2. The second kappa shape index (κ2) is 12.2. The van der Waals surface area contributed by atoms with Gasteiger partial charge in [0.1, 0.15) is 0 Å². The van der Waals surface area contributed by atoms with Gasteiger partial charge in [-0.25, -0.2) is 0 Å². The topological polar surface area (TPSA) is 60.7 Å². The Labute approximate surface area is 182 Å². The van der Waals surface area contributed by atoms with Gasteiger partial charge < -0.3 is 15.3 Å². The SMILES string of the molecule is CC(CO)(CCCCC(O)CCCCC(C)(CO)c1ccccc1)c1ccccc1. The van der Waals surface area contributed by atoms with Crippen LogP contribution in [0.2, 0.25) is 0 Å². The van der Waals surface area contributed by atoms with Crippen molar-refractivity contribution in [2.45, 2.75) is 82.1 Å². The van der Waals surface area contributed by atoms with Gasteiger partial charge in [0.05, 0.1) is 19.3 Å². The smallest absolute Gasteiger partial charge is 0.0540 e. The van der Waals surface area contributed by atoms with E-state index in [1.165, 1.54) is 11.1 Å². The summed E-state index contributed by atoms with van der Waals surface area (Å²) in [6.07, 6.45) is 7.15. The molecule has 0 saturated carbocycles. The van der Waals surface area contributed by atoms with Crippen LogP contribution in [0.15, 0.2) is 60.7 Å². The zero-order valence-corrected chi connectivity index (χ0v) is 18.8. The van der Waals surface area contributed by atoms with Gasteiger partial charge in [0.25, 0.3) is 0 Å². The van der Waals surface area contributed by atoms with E-state index in [9.17, 15) is 15.3 Å². The molecule has 0 saturated heterocycles. The molecule has 0 aliphatic rings. The van der Waals surface area contributed by atoms with Crippen LogP contribution in [-0.2, 0) is 10.8 Å². The third kappa shape index (κ3) is 7.23. The molecule has 3 N–H and O–H groups in total. The Bertz CT molecular complexity index is 641. The maximum atomic E-state index is 10.4. The van der Waals surface area contributed by atoms with Crippen molar-refractivity contribution in [3.8, 4) is 0 Å². The summed E-state index contributed by atoms with van der Waals surface area (Å²) in [5.74, 6) is 0. The lowest BCUT2D eigenvalue weighted by Crippen LogP contribution is -2.26. The molecule has 0 radical (unpaired) electrons. The minimum absolute atomic E-state index is 0.143. The number of hydrogen-bond acceptors (Lipinski definition) is 3. The minimum Gasteiger partial charge on any atom is -0.395 e. The van der Waals surface area contributed by atoms with Gasteiger partial charge in [-0.05, 0) is 36.8 Å². The summed E-state index contributed by atoms with van der Waals surface area (Å²) in [6, 6.07) is 20.4. The van der Waals surface area contributed by atoms with Crippen LogP contribution in [0.25, 0.3) is 0 Å². The molecule has 0 amide bonds. The van der Waals surface area contributed by atoms with E-state index < -0.39 is 0 Å². The zero-order valence-electron chi connectivity index (χ0n) is 18.8. The van der Waals surface area contributed by atoms with E-state index in [-0.39, 0.29) is 30.1 Å². The molecule has 0 spiro atoms. The monoisotopic (exact) mass is 412 g/mol. The highest BCUT2D eigenvalue weighted by atomic mass is 16.3. The van der Waals surface area contributed by atoms with E-state index >= 15 is 0 Å². The van der Waals surface area contributed by atoms with Gasteiger partial charge in [-0.15, -0.1) is 0 Å². The van der Waals surface area contributed by atoms with Crippen LogP contribution in [0.4, 0.5) is 0 Å². The van der Waals surface area contributed by atoms with Crippen molar-refractivity contribution in [2.24, 2.45) is 0 Å². The maximum absolute atomic E-state index is 10.4. The summed E-state index contributed by atoms with van der Waals surface area (Å²) in [5.41, 5.74) is 1.94. The fourth-order valence-electron chi connectivity index (χ4n) is 4.24. The molecule has 0 bridgehead atoms. The number of unbranched alkanes of at least 4 members (excludes halogenated alkanes) is 2. The van der Waals surface area contributed by atoms with E-state index in [2.05, 4.69) is 38.1 Å². The van der Waals surface area contributed by atoms with Crippen molar-refractivity contribution in [3.63, 3.8) is 0 Å². The minimum atomic E-state index is -0.265. The molecular formula is C27H40O3. The molecular weight excluding hydrogens is 372 g/mol. The van der Waals surface area contributed by atoms with E-state index in [4.69, 9.17) is 0 Å². The van der Waals surface area contributed by atoms with Crippen LogP contribution in [0.1, 0.15) is 76.3 Å². The molecule has 30 heavy (non-hydrogen) atoms. The average molecular weight is 413 g/mol. The standard InChI is InChI=1S/C27H40O3/c1-26(21-28,23-13-5-3-6-14-23)19-11-9-17-25(30)18-10-12-20-27(2,22-29)24-15-7-4-8-16-24/h3-8,13-16,25,28-30H,9-12,17-22H2,1-2H3. The van der Waals surface area contributed by atoms with Crippen molar-refractivity contribution in [2.75, 3.05) is 13.2 Å². The van der Waals surface area contributed by atoms with E-state index in [1.54, 1.807) is 0 Å². The van der Waals surface area contributed by atoms with Crippen LogP contribution >= 0.6 is 0 Å². The molecule has 3 heteroatoms. The maximum Gasteiger partial charge on any atom is 0.0540 e. The molecule has 2 rings (SSSR count). The van der Waals surface area contributed by atoms with E-state index in [1.807, 2.05) is 36.4 Å². The predicted octanol–water partition coefficient (Wildman–Crippen LogP) is 5.37. The number of rotatable bonds is 14. The zero-order chi connectivity index (χ0) is 21.9. The summed E-state index contributed by atoms with van der Waals surface area (Å²) in [5, 5.41) is 30.1. The summed E-state index contributed by atoms with van der Waals surface area (Å²) < 4.78 is 0.